The molecule has 0 radical (unpaired) electrons. The van der Waals surface area contributed by atoms with Crippen LogP contribution in [-0.4, -0.2) is 21.1 Å². The highest BCUT2D eigenvalue weighted by molar-refractivity contribution is 7.15. The van der Waals surface area contributed by atoms with Crippen LogP contribution < -0.4 is 5.32 Å². The molecule has 7 heteroatoms. The molecule has 5 nitrogen and oxygen atoms in total. The molecule has 0 aliphatic carbocycles. The molecule has 0 saturated heterocycles. The highest BCUT2D eigenvalue weighted by atomic mass is 35.5. The number of amides is 1. The van der Waals surface area contributed by atoms with Gasteiger partial charge in [0.15, 0.2) is 0 Å². The van der Waals surface area contributed by atoms with E-state index in [1.807, 2.05) is 0 Å². The molecule has 0 fully saturated rings. The maximum Gasteiger partial charge on any atom is 0.259 e. The first-order chi connectivity index (χ1) is 9.04. The van der Waals surface area contributed by atoms with E-state index in [9.17, 15) is 4.79 Å². The van der Waals surface area contributed by atoms with Gasteiger partial charge in [0.2, 0.25) is 5.13 Å². The Morgan fingerprint density at radius 1 is 1.42 bits per heavy atom. The summed E-state index contributed by atoms with van der Waals surface area (Å²) in [5.74, 6) is 0.244. The molecule has 1 amide bonds. The van der Waals surface area contributed by atoms with Crippen LogP contribution in [-0.2, 0) is 6.42 Å². The largest absolute Gasteiger partial charge is 0.296 e. The molecule has 2 rings (SSSR count). The second kappa shape index (κ2) is 6.08. The summed E-state index contributed by atoms with van der Waals surface area (Å²) in [7, 11) is 0. The van der Waals surface area contributed by atoms with E-state index in [1.165, 1.54) is 17.5 Å². The second-order valence-electron chi connectivity index (χ2n) is 4.42. The first-order valence-electron chi connectivity index (χ1n) is 5.80. The molecule has 0 saturated carbocycles. The van der Waals surface area contributed by atoms with Crippen LogP contribution in [0.25, 0.3) is 0 Å². The van der Waals surface area contributed by atoms with Gasteiger partial charge in [-0.1, -0.05) is 36.8 Å². The van der Waals surface area contributed by atoms with E-state index in [0.29, 0.717) is 21.8 Å². The van der Waals surface area contributed by atoms with Gasteiger partial charge >= 0.3 is 0 Å². The van der Waals surface area contributed by atoms with Crippen molar-refractivity contribution >= 4 is 34.0 Å². The molecule has 0 spiro atoms. The van der Waals surface area contributed by atoms with Crippen molar-refractivity contribution in [3.05, 3.63) is 34.1 Å². The van der Waals surface area contributed by atoms with E-state index in [1.54, 1.807) is 12.1 Å². The molecular formula is C12H13ClN4OS. The van der Waals surface area contributed by atoms with E-state index in [2.05, 4.69) is 34.3 Å². The smallest absolute Gasteiger partial charge is 0.259 e. The SMILES string of the molecule is CC(C)Cc1nnc(NC(=O)c2ccc(Cl)nc2)s1. The standard InChI is InChI=1S/C12H13ClN4OS/c1-7(2)5-10-16-17-12(19-10)15-11(18)8-3-4-9(13)14-6-8/h3-4,6-7H,5H2,1-2H3,(H,15,17,18). The van der Waals surface area contributed by atoms with Crippen molar-refractivity contribution < 1.29 is 4.79 Å². The summed E-state index contributed by atoms with van der Waals surface area (Å²) in [5.41, 5.74) is 0.435. The number of halogens is 1. The number of hydrogen-bond acceptors (Lipinski definition) is 5. The van der Waals surface area contributed by atoms with Gasteiger partial charge in [0, 0.05) is 12.6 Å². The Labute approximate surface area is 120 Å². The fourth-order valence-corrected chi connectivity index (χ4v) is 2.47. The average Bonchev–Trinajstić information content (AvgIpc) is 2.76. The van der Waals surface area contributed by atoms with Gasteiger partial charge < -0.3 is 0 Å². The van der Waals surface area contributed by atoms with Crippen molar-refractivity contribution in [3.8, 4) is 0 Å². The lowest BCUT2D eigenvalue weighted by Gasteiger charge is -2.00. The maximum atomic E-state index is 11.9. The quantitative estimate of drug-likeness (QED) is 0.881. The summed E-state index contributed by atoms with van der Waals surface area (Å²) in [5, 5.41) is 12.4. The number of nitrogens with zero attached hydrogens (tertiary/aromatic N) is 3. The van der Waals surface area contributed by atoms with Crippen LogP contribution >= 0.6 is 22.9 Å². The van der Waals surface area contributed by atoms with Gasteiger partial charge in [0.1, 0.15) is 10.2 Å². The Bertz CT molecular complexity index is 567. The second-order valence-corrected chi connectivity index (χ2v) is 5.87. The Kier molecular flexibility index (Phi) is 4.44. The van der Waals surface area contributed by atoms with Crippen molar-refractivity contribution in [1.29, 1.82) is 0 Å². The Morgan fingerprint density at radius 2 is 2.21 bits per heavy atom. The topological polar surface area (TPSA) is 67.8 Å². The van der Waals surface area contributed by atoms with Gasteiger partial charge in [0.05, 0.1) is 5.56 Å². The number of rotatable bonds is 4. The number of carbonyl (C=O) groups excluding carboxylic acids is 1. The molecule has 0 aliphatic heterocycles. The lowest BCUT2D eigenvalue weighted by atomic mass is 10.1. The molecule has 19 heavy (non-hydrogen) atoms. The molecule has 2 heterocycles. The number of hydrogen-bond donors (Lipinski definition) is 1. The number of nitrogens with one attached hydrogen (secondary N) is 1. The van der Waals surface area contributed by atoms with E-state index in [0.717, 1.165) is 11.4 Å². The van der Waals surface area contributed by atoms with E-state index in [4.69, 9.17) is 11.6 Å². The Hall–Kier alpha value is -1.53. The molecule has 2 aromatic rings. The lowest BCUT2D eigenvalue weighted by Crippen LogP contribution is -2.11. The van der Waals surface area contributed by atoms with Crippen LogP contribution in [0.1, 0.15) is 29.2 Å². The molecule has 0 bridgehead atoms. The average molecular weight is 297 g/mol. The van der Waals surface area contributed by atoms with Gasteiger partial charge in [-0.25, -0.2) is 4.98 Å². The predicted molar refractivity (Wildman–Crippen MR) is 75.7 cm³/mol. The first kappa shape index (κ1) is 13.9. The van der Waals surface area contributed by atoms with Gasteiger partial charge in [-0.05, 0) is 18.1 Å². The molecule has 0 atom stereocenters. The van der Waals surface area contributed by atoms with Crippen LogP contribution in [0, 0.1) is 5.92 Å². The monoisotopic (exact) mass is 296 g/mol. The van der Waals surface area contributed by atoms with Crippen LogP contribution in [0.2, 0.25) is 5.15 Å². The fourth-order valence-electron chi connectivity index (χ4n) is 1.42. The third-order valence-corrected chi connectivity index (χ3v) is 3.34. The Balaban J connectivity index is 2.02. The maximum absolute atomic E-state index is 11.9. The minimum absolute atomic E-state index is 0.267. The summed E-state index contributed by atoms with van der Waals surface area (Å²) in [6, 6.07) is 3.18. The fraction of sp³-hybridized carbons (Fsp3) is 0.333. The summed E-state index contributed by atoms with van der Waals surface area (Å²) >= 11 is 7.05. The molecule has 2 aromatic heterocycles. The van der Waals surface area contributed by atoms with E-state index in [-0.39, 0.29) is 5.91 Å². The Morgan fingerprint density at radius 3 is 2.84 bits per heavy atom. The van der Waals surface area contributed by atoms with Gasteiger partial charge in [-0.2, -0.15) is 0 Å². The van der Waals surface area contributed by atoms with Crippen molar-refractivity contribution in [2.75, 3.05) is 5.32 Å². The van der Waals surface area contributed by atoms with Crippen molar-refractivity contribution in [2.45, 2.75) is 20.3 Å². The predicted octanol–water partition coefficient (Wildman–Crippen LogP) is 3.04. The lowest BCUT2D eigenvalue weighted by molar-refractivity contribution is 0.102. The number of pyridine rings is 1. The van der Waals surface area contributed by atoms with Gasteiger partial charge in [-0.3, -0.25) is 10.1 Å². The molecular weight excluding hydrogens is 284 g/mol. The minimum atomic E-state index is -0.267. The number of carbonyl (C=O) groups is 1. The summed E-state index contributed by atoms with van der Waals surface area (Å²) in [6.45, 7) is 4.22. The van der Waals surface area contributed by atoms with Crippen LogP contribution in [0.3, 0.4) is 0 Å². The highest BCUT2D eigenvalue weighted by Crippen LogP contribution is 2.19. The third kappa shape index (κ3) is 3.97. The third-order valence-electron chi connectivity index (χ3n) is 2.26. The normalized spacial score (nSPS) is 10.7. The van der Waals surface area contributed by atoms with Crippen molar-refractivity contribution in [3.63, 3.8) is 0 Å². The van der Waals surface area contributed by atoms with Crippen LogP contribution in [0.4, 0.5) is 5.13 Å². The summed E-state index contributed by atoms with van der Waals surface area (Å²) in [4.78, 5) is 15.8. The van der Waals surface area contributed by atoms with Crippen molar-refractivity contribution in [1.82, 2.24) is 15.2 Å². The zero-order valence-electron chi connectivity index (χ0n) is 10.6. The zero-order chi connectivity index (χ0) is 13.8. The molecule has 100 valence electrons. The molecule has 0 aromatic carbocycles. The number of anilines is 1. The molecule has 0 aliphatic rings. The number of aromatic nitrogens is 3. The molecule has 1 N–H and O–H groups in total. The van der Waals surface area contributed by atoms with E-state index < -0.39 is 0 Å². The van der Waals surface area contributed by atoms with Gasteiger partial charge in [-0.15, -0.1) is 10.2 Å². The molecule has 0 unspecified atom stereocenters. The first-order valence-corrected chi connectivity index (χ1v) is 6.99. The van der Waals surface area contributed by atoms with Crippen molar-refractivity contribution in [2.24, 2.45) is 5.92 Å². The summed E-state index contributed by atoms with van der Waals surface area (Å²) < 4.78 is 0. The summed E-state index contributed by atoms with van der Waals surface area (Å²) in [6.07, 6.45) is 2.28. The van der Waals surface area contributed by atoms with Gasteiger partial charge in [0.25, 0.3) is 5.91 Å². The van der Waals surface area contributed by atoms with Crippen LogP contribution in [0.5, 0.6) is 0 Å². The highest BCUT2D eigenvalue weighted by Gasteiger charge is 2.11. The van der Waals surface area contributed by atoms with E-state index >= 15 is 0 Å². The van der Waals surface area contributed by atoms with Crippen LogP contribution in [0.15, 0.2) is 18.3 Å². The minimum Gasteiger partial charge on any atom is -0.296 e. The zero-order valence-corrected chi connectivity index (χ0v) is 12.1.